The van der Waals surface area contributed by atoms with Gasteiger partial charge in [-0.3, -0.25) is 4.98 Å². The van der Waals surface area contributed by atoms with Crippen LogP contribution in [0, 0.1) is 0 Å². The molecule has 0 spiro atoms. The van der Waals surface area contributed by atoms with Crippen LogP contribution in [0.15, 0.2) is 238 Å². The van der Waals surface area contributed by atoms with E-state index in [1.807, 2.05) is 36.4 Å². The number of nitrogens with zero attached hydrogens (tertiary/aromatic N) is 1. The third-order valence-electron chi connectivity index (χ3n) is 11.7. The minimum atomic E-state index is -3.98. The summed E-state index contributed by atoms with van der Waals surface area (Å²) in [6.45, 7) is -0.120. The third-order valence-corrected chi connectivity index (χ3v) is 16.6. The van der Waals surface area contributed by atoms with Crippen molar-refractivity contribution < 1.29 is 50.4 Å². The molecular weight excluding hydrogens is 1040 g/mol. The number of hydrogen-bond donors (Lipinski definition) is 1. The molecule has 0 saturated carbocycles. The normalized spacial score (nSPS) is 11.7. The first-order chi connectivity index (χ1) is 36.8. The fraction of sp³-hybridized carbons (Fsp3) is 0.0333. The molecule has 1 N–H and O–H groups in total. The van der Waals surface area contributed by atoms with Gasteiger partial charge in [0.25, 0.3) is 0 Å². The molecule has 0 fully saturated rings. The SMILES string of the molecule is O=C(O)/C(=C/c1sc2cc(OCc3ccc(S(=O)(=O)c4ccc(Oc5ccccc5)cc4)cc3)c(OCc3cccc(S(=O)(=O)c4ccc(Oc5ccccc5)cc4)c3)cc2c1Oc1ccc(Cl)cc1)c1ccncc1. The second kappa shape index (κ2) is 22.4. The van der Waals surface area contributed by atoms with E-state index in [2.05, 4.69) is 4.98 Å². The highest BCUT2D eigenvalue weighted by Crippen LogP contribution is 2.47. The van der Waals surface area contributed by atoms with Gasteiger partial charge in [-0.25, -0.2) is 21.6 Å². The summed E-state index contributed by atoms with van der Waals surface area (Å²) in [7, 11) is -7.87. The second-order valence-corrected chi connectivity index (χ2v) is 22.3. The van der Waals surface area contributed by atoms with Crippen LogP contribution >= 0.6 is 22.9 Å². The van der Waals surface area contributed by atoms with E-state index in [9.17, 15) is 26.7 Å². The molecule has 16 heteroatoms. The molecule has 2 heterocycles. The van der Waals surface area contributed by atoms with Crippen LogP contribution in [0.1, 0.15) is 21.6 Å². The number of fused-ring (bicyclic) bond motifs is 1. The van der Waals surface area contributed by atoms with E-state index in [-0.39, 0.29) is 49.9 Å². The molecule has 8 aromatic carbocycles. The fourth-order valence-electron chi connectivity index (χ4n) is 7.86. The number of sulfone groups is 2. The highest BCUT2D eigenvalue weighted by Gasteiger charge is 2.23. The van der Waals surface area contributed by atoms with Crippen molar-refractivity contribution in [2.45, 2.75) is 32.8 Å². The Labute approximate surface area is 447 Å². The number of carbonyl (C=O) groups is 1. The molecule has 0 aliphatic carbocycles. The Morgan fingerprint density at radius 1 is 0.513 bits per heavy atom. The van der Waals surface area contributed by atoms with Crippen molar-refractivity contribution in [3.05, 3.63) is 245 Å². The molecule has 0 saturated heterocycles. The summed E-state index contributed by atoms with van der Waals surface area (Å²) in [6, 6.07) is 56.9. The maximum Gasteiger partial charge on any atom is 0.336 e. The molecule has 0 atom stereocenters. The van der Waals surface area contributed by atoms with Crippen LogP contribution in [-0.4, -0.2) is 32.9 Å². The van der Waals surface area contributed by atoms with Gasteiger partial charge in [0, 0.05) is 33.6 Å². The van der Waals surface area contributed by atoms with Crippen molar-refractivity contribution in [2.75, 3.05) is 0 Å². The summed E-state index contributed by atoms with van der Waals surface area (Å²) in [6.07, 6.45) is 4.55. The fourth-order valence-corrected chi connectivity index (χ4v) is 11.7. The van der Waals surface area contributed by atoms with E-state index < -0.39 is 25.6 Å². The average Bonchev–Trinajstić information content (AvgIpc) is 3.79. The molecule has 378 valence electrons. The third kappa shape index (κ3) is 11.8. The lowest BCUT2D eigenvalue weighted by atomic mass is 10.1. The maximum atomic E-state index is 14.0. The summed E-state index contributed by atoms with van der Waals surface area (Å²) in [4.78, 5) is 17.6. The van der Waals surface area contributed by atoms with Crippen LogP contribution in [0.25, 0.3) is 21.7 Å². The molecule has 0 aliphatic heterocycles. The second-order valence-electron chi connectivity index (χ2n) is 16.9. The molecule has 12 nitrogen and oxygen atoms in total. The van der Waals surface area contributed by atoms with E-state index in [1.54, 1.807) is 127 Å². The van der Waals surface area contributed by atoms with Crippen molar-refractivity contribution in [2.24, 2.45) is 0 Å². The summed E-state index contributed by atoms with van der Waals surface area (Å²) in [5.74, 6) is 2.33. The van der Waals surface area contributed by atoms with Crippen molar-refractivity contribution in [3.8, 4) is 46.0 Å². The number of carboxylic acid groups (broad SMARTS) is 1. The van der Waals surface area contributed by atoms with E-state index in [4.69, 9.17) is 35.3 Å². The predicted molar refractivity (Wildman–Crippen MR) is 291 cm³/mol. The van der Waals surface area contributed by atoms with Crippen LogP contribution in [0.3, 0.4) is 0 Å². The van der Waals surface area contributed by atoms with Crippen LogP contribution in [0.4, 0.5) is 0 Å². The van der Waals surface area contributed by atoms with E-state index in [0.29, 0.717) is 71.2 Å². The Kier molecular flexibility index (Phi) is 15.0. The van der Waals surface area contributed by atoms with Crippen molar-refractivity contribution >= 4 is 70.3 Å². The zero-order valence-corrected chi connectivity index (χ0v) is 43.1. The first kappa shape index (κ1) is 50.8. The van der Waals surface area contributed by atoms with Crippen LogP contribution in [-0.2, 0) is 37.7 Å². The highest BCUT2D eigenvalue weighted by molar-refractivity contribution is 7.91. The van der Waals surface area contributed by atoms with Gasteiger partial charge in [-0.2, -0.15) is 0 Å². The number of para-hydroxylation sites is 2. The number of aliphatic carboxylic acids is 1. The summed E-state index contributed by atoms with van der Waals surface area (Å²) >= 11 is 7.49. The van der Waals surface area contributed by atoms with Gasteiger partial charge in [0.05, 0.1) is 30.0 Å². The molecule has 0 aliphatic rings. The molecule has 0 amide bonds. The average molecular weight is 1080 g/mol. The number of carboxylic acids is 1. The van der Waals surface area contributed by atoms with Gasteiger partial charge in [0.15, 0.2) is 17.2 Å². The molecule has 2 aromatic heterocycles. The zero-order chi connectivity index (χ0) is 52.7. The Bertz CT molecular complexity index is 3930. The minimum Gasteiger partial charge on any atom is -0.485 e. The lowest BCUT2D eigenvalue weighted by Gasteiger charge is -2.15. The first-order valence-corrected chi connectivity index (χ1v) is 27.5. The van der Waals surface area contributed by atoms with Crippen molar-refractivity contribution in [3.63, 3.8) is 0 Å². The lowest BCUT2D eigenvalue weighted by molar-refractivity contribution is -0.130. The van der Waals surface area contributed by atoms with Crippen molar-refractivity contribution in [1.82, 2.24) is 4.98 Å². The molecule has 0 bridgehead atoms. The Hall–Kier alpha value is -8.73. The van der Waals surface area contributed by atoms with Gasteiger partial charge in [-0.15, -0.1) is 11.3 Å². The first-order valence-electron chi connectivity index (χ1n) is 23.3. The number of aromatic nitrogens is 1. The number of rotatable bonds is 19. The number of hydrogen-bond acceptors (Lipinski definition) is 12. The molecular formula is C60H42ClNO11S3. The number of benzene rings is 8. The Balaban J connectivity index is 0.962. The summed E-state index contributed by atoms with van der Waals surface area (Å²) in [5, 5.41) is 11.5. The molecule has 10 rings (SSSR count). The monoisotopic (exact) mass is 1080 g/mol. The van der Waals surface area contributed by atoms with E-state index in [1.165, 1.54) is 72.3 Å². The zero-order valence-electron chi connectivity index (χ0n) is 39.9. The van der Waals surface area contributed by atoms with Crippen LogP contribution in [0.2, 0.25) is 5.02 Å². The van der Waals surface area contributed by atoms with E-state index >= 15 is 0 Å². The standard InChI is InChI=1S/C60H42ClNO11S3/c61-43-16-18-48(19-17-43)73-59-54-35-55(70-39-41-8-7-13-52(34-41)76(67,68)51-28-22-47(23-29-51)72-45-11-5-2-6-12-45)56(37-57(54)74-58(59)36-53(60(63)64)42-30-32-62-33-31-42)69-38-40-14-24-49(25-15-40)75(65,66)50-26-20-46(21-27-50)71-44-9-3-1-4-10-44/h1-37H,38-39H2,(H,63,64)/b53-36+. The van der Waals surface area contributed by atoms with Gasteiger partial charge < -0.3 is 28.8 Å². The van der Waals surface area contributed by atoms with Gasteiger partial charge in [0.1, 0.15) is 42.0 Å². The quantitative estimate of drug-likeness (QED) is 0.0763. The number of halogens is 1. The predicted octanol–water partition coefficient (Wildman–Crippen LogP) is 14.8. The Morgan fingerprint density at radius 3 is 1.57 bits per heavy atom. The topological polar surface area (TPSA) is 165 Å². The van der Waals surface area contributed by atoms with Crippen molar-refractivity contribution in [1.29, 1.82) is 0 Å². The summed E-state index contributed by atoms with van der Waals surface area (Å²) < 4.78 is 87.3. The molecule has 0 radical (unpaired) electrons. The lowest BCUT2D eigenvalue weighted by Crippen LogP contribution is -2.05. The van der Waals surface area contributed by atoms with Gasteiger partial charge in [-0.05, 0) is 162 Å². The van der Waals surface area contributed by atoms with Gasteiger partial charge in [0.2, 0.25) is 19.7 Å². The van der Waals surface area contributed by atoms with Gasteiger partial charge >= 0.3 is 5.97 Å². The number of thiophene rings is 1. The number of ether oxygens (including phenoxy) is 5. The van der Waals surface area contributed by atoms with Gasteiger partial charge in [-0.1, -0.05) is 72.3 Å². The Morgan fingerprint density at radius 2 is 1.00 bits per heavy atom. The van der Waals surface area contributed by atoms with E-state index in [0.717, 1.165) is 0 Å². The molecule has 76 heavy (non-hydrogen) atoms. The number of pyridine rings is 1. The minimum absolute atomic E-state index is 0.00583. The highest BCUT2D eigenvalue weighted by atomic mass is 35.5. The largest absolute Gasteiger partial charge is 0.485 e. The van der Waals surface area contributed by atoms with Crippen LogP contribution in [0.5, 0.6) is 46.0 Å². The van der Waals surface area contributed by atoms with Crippen LogP contribution < -0.4 is 23.7 Å². The summed E-state index contributed by atoms with van der Waals surface area (Å²) in [5.41, 5.74) is 1.59. The smallest absolute Gasteiger partial charge is 0.336 e. The molecule has 0 unspecified atom stereocenters. The molecule has 10 aromatic rings. The maximum absolute atomic E-state index is 14.0.